The van der Waals surface area contributed by atoms with Crippen LogP contribution in [0.4, 0.5) is 0 Å². The third-order valence-electron chi connectivity index (χ3n) is 3.00. The first-order chi connectivity index (χ1) is 9.83. The number of pyridine rings is 2. The molecule has 0 N–H and O–H groups in total. The fourth-order valence-electron chi connectivity index (χ4n) is 1.97. The van der Waals surface area contributed by atoms with Gasteiger partial charge in [0, 0.05) is 29.5 Å². The molecular weight excluding hydrogens is 284 g/mol. The Hall–Kier alpha value is -2.52. The van der Waals surface area contributed by atoms with E-state index in [1.165, 1.54) is 0 Å². The van der Waals surface area contributed by atoms with Gasteiger partial charge in [0.1, 0.15) is 0 Å². The second kappa shape index (κ2) is 6.77. The summed E-state index contributed by atoms with van der Waals surface area (Å²) in [6.45, 7) is 0. The molecule has 0 unspecified atom stereocenters. The van der Waals surface area contributed by atoms with Gasteiger partial charge in [-0.25, -0.2) is 0 Å². The Kier molecular flexibility index (Phi) is 4.80. The molecule has 3 rings (SSSR count). The van der Waals surface area contributed by atoms with Gasteiger partial charge < -0.3 is 0 Å². The molecule has 0 bridgehead atoms. The predicted octanol–water partition coefficient (Wildman–Crippen LogP) is 3.95. The van der Waals surface area contributed by atoms with Crippen molar-refractivity contribution >= 4 is 35.2 Å². The summed E-state index contributed by atoms with van der Waals surface area (Å²) < 4.78 is 0. The topological polar surface area (TPSA) is 42.9 Å². The summed E-state index contributed by atoms with van der Waals surface area (Å²) in [6, 6.07) is 13.3. The number of rotatable bonds is 3. The molecule has 4 heteroatoms. The molecule has 104 valence electrons. The number of halogens is 1. The average Bonchev–Trinajstić information content (AvgIpc) is 2.53. The van der Waals surface area contributed by atoms with Crippen molar-refractivity contribution in [3.8, 4) is 0 Å². The fourth-order valence-corrected chi connectivity index (χ4v) is 1.97. The molecule has 0 aliphatic rings. The van der Waals surface area contributed by atoms with Crippen LogP contribution < -0.4 is 0 Å². The van der Waals surface area contributed by atoms with Crippen LogP contribution in [-0.4, -0.2) is 15.8 Å². The summed E-state index contributed by atoms with van der Waals surface area (Å²) in [5, 5.41) is 1.06. The molecule has 0 atom stereocenters. The van der Waals surface area contributed by atoms with Gasteiger partial charge in [-0.15, -0.1) is 12.4 Å². The molecule has 0 aliphatic heterocycles. The Bertz CT molecular complexity index is 785. The van der Waals surface area contributed by atoms with Gasteiger partial charge in [-0.3, -0.25) is 14.8 Å². The van der Waals surface area contributed by atoms with E-state index in [0.717, 1.165) is 16.5 Å². The predicted molar refractivity (Wildman–Crippen MR) is 86.6 cm³/mol. The molecule has 2 aromatic heterocycles. The van der Waals surface area contributed by atoms with Crippen molar-refractivity contribution in [2.24, 2.45) is 0 Å². The number of carbonyl (C=O) groups excluding carboxylic acids is 1. The fraction of sp³-hybridized carbons (Fsp3) is 0. The van der Waals surface area contributed by atoms with Crippen molar-refractivity contribution in [2.75, 3.05) is 0 Å². The molecule has 0 fully saturated rings. The number of benzene rings is 1. The van der Waals surface area contributed by atoms with Crippen molar-refractivity contribution in [3.05, 3.63) is 78.3 Å². The van der Waals surface area contributed by atoms with E-state index in [1.54, 1.807) is 36.8 Å². The Morgan fingerprint density at radius 3 is 2.71 bits per heavy atom. The number of ketones is 1. The van der Waals surface area contributed by atoms with Gasteiger partial charge in [0.25, 0.3) is 0 Å². The number of hydrogen-bond acceptors (Lipinski definition) is 3. The Morgan fingerprint density at radius 2 is 1.90 bits per heavy atom. The van der Waals surface area contributed by atoms with Gasteiger partial charge >= 0.3 is 0 Å². The zero-order chi connectivity index (χ0) is 13.8. The van der Waals surface area contributed by atoms with E-state index < -0.39 is 0 Å². The van der Waals surface area contributed by atoms with Crippen LogP contribution in [0.1, 0.15) is 15.9 Å². The molecule has 3 nitrogen and oxygen atoms in total. The lowest BCUT2D eigenvalue weighted by Crippen LogP contribution is -1.94. The zero-order valence-electron chi connectivity index (χ0n) is 11.1. The Labute approximate surface area is 128 Å². The SMILES string of the molecule is Cl.O=C(/C=C/c1ccc2ncccc2c1)c1cccnc1. The maximum Gasteiger partial charge on any atom is 0.187 e. The monoisotopic (exact) mass is 296 g/mol. The maximum atomic E-state index is 11.9. The number of allylic oxidation sites excluding steroid dienone is 1. The molecule has 0 saturated carbocycles. The molecule has 0 spiro atoms. The maximum absolute atomic E-state index is 11.9. The van der Waals surface area contributed by atoms with Crippen LogP contribution in [0.15, 0.2) is 67.1 Å². The van der Waals surface area contributed by atoms with Crippen molar-refractivity contribution < 1.29 is 4.79 Å². The lowest BCUT2D eigenvalue weighted by molar-refractivity contribution is 0.104. The van der Waals surface area contributed by atoms with Crippen molar-refractivity contribution in [1.29, 1.82) is 0 Å². The Balaban J connectivity index is 0.00000161. The van der Waals surface area contributed by atoms with Gasteiger partial charge in [0.2, 0.25) is 0 Å². The summed E-state index contributed by atoms with van der Waals surface area (Å²) in [7, 11) is 0. The Morgan fingerprint density at radius 1 is 1.05 bits per heavy atom. The van der Waals surface area contributed by atoms with E-state index in [-0.39, 0.29) is 18.2 Å². The smallest absolute Gasteiger partial charge is 0.187 e. The number of hydrogen-bond donors (Lipinski definition) is 0. The minimum atomic E-state index is -0.0515. The third kappa shape index (κ3) is 3.52. The minimum Gasteiger partial charge on any atom is -0.289 e. The molecule has 21 heavy (non-hydrogen) atoms. The normalized spacial score (nSPS) is 10.5. The number of fused-ring (bicyclic) bond motifs is 1. The molecule has 3 aromatic rings. The van der Waals surface area contributed by atoms with Gasteiger partial charge in [-0.05, 0) is 42.0 Å². The average molecular weight is 297 g/mol. The van der Waals surface area contributed by atoms with Gasteiger partial charge in [0.15, 0.2) is 5.78 Å². The van der Waals surface area contributed by atoms with Gasteiger partial charge in [-0.1, -0.05) is 18.2 Å². The van der Waals surface area contributed by atoms with Crippen LogP contribution in [0.5, 0.6) is 0 Å². The second-order valence-electron chi connectivity index (χ2n) is 4.39. The summed E-state index contributed by atoms with van der Waals surface area (Å²) in [5.74, 6) is -0.0515. The summed E-state index contributed by atoms with van der Waals surface area (Å²) in [5.41, 5.74) is 2.51. The van der Waals surface area contributed by atoms with Crippen molar-refractivity contribution in [3.63, 3.8) is 0 Å². The molecule has 0 aliphatic carbocycles. The van der Waals surface area contributed by atoms with E-state index in [0.29, 0.717) is 5.56 Å². The van der Waals surface area contributed by atoms with Crippen molar-refractivity contribution in [2.45, 2.75) is 0 Å². The zero-order valence-corrected chi connectivity index (χ0v) is 12.0. The molecule has 0 saturated heterocycles. The van der Waals surface area contributed by atoms with E-state index >= 15 is 0 Å². The molecular formula is C17H13ClN2O. The first-order valence-electron chi connectivity index (χ1n) is 6.30. The number of carbonyl (C=O) groups is 1. The summed E-state index contributed by atoms with van der Waals surface area (Å²) in [4.78, 5) is 20.1. The van der Waals surface area contributed by atoms with Crippen molar-refractivity contribution in [1.82, 2.24) is 9.97 Å². The highest BCUT2D eigenvalue weighted by Crippen LogP contribution is 2.14. The number of nitrogens with zero attached hydrogens (tertiary/aromatic N) is 2. The lowest BCUT2D eigenvalue weighted by Gasteiger charge is -1.98. The van der Waals surface area contributed by atoms with E-state index in [1.807, 2.05) is 36.4 Å². The van der Waals surface area contributed by atoms with Crippen LogP contribution >= 0.6 is 12.4 Å². The molecule has 0 radical (unpaired) electrons. The summed E-state index contributed by atoms with van der Waals surface area (Å²) >= 11 is 0. The van der Waals surface area contributed by atoms with E-state index in [9.17, 15) is 4.79 Å². The van der Waals surface area contributed by atoms with Crippen LogP contribution in [-0.2, 0) is 0 Å². The van der Waals surface area contributed by atoms with Gasteiger partial charge in [-0.2, -0.15) is 0 Å². The van der Waals surface area contributed by atoms with Crippen LogP contribution in [0.25, 0.3) is 17.0 Å². The highest BCUT2D eigenvalue weighted by Gasteiger charge is 2.00. The standard InChI is InChI=1S/C17H12N2O.ClH/c20-17(15-4-1-9-18-12-15)8-6-13-5-7-16-14(11-13)3-2-10-19-16;/h1-12H;1H/b8-6+;. The number of aromatic nitrogens is 2. The lowest BCUT2D eigenvalue weighted by atomic mass is 10.1. The van der Waals surface area contributed by atoms with Crippen LogP contribution in [0.3, 0.4) is 0 Å². The molecule has 0 amide bonds. The van der Waals surface area contributed by atoms with E-state index in [2.05, 4.69) is 9.97 Å². The third-order valence-corrected chi connectivity index (χ3v) is 3.00. The second-order valence-corrected chi connectivity index (χ2v) is 4.39. The van der Waals surface area contributed by atoms with E-state index in [4.69, 9.17) is 0 Å². The molecule has 2 heterocycles. The quantitative estimate of drug-likeness (QED) is 0.543. The molecule has 1 aromatic carbocycles. The van der Waals surface area contributed by atoms with Crippen LogP contribution in [0, 0.1) is 0 Å². The minimum absolute atomic E-state index is 0. The highest BCUT2D eigenvalue weighted by atomic mass is 35.5. The van der Waals surface area contributed by atoms with Crippen LogP contribution in [0.2, 0.25) is 0 Å². The first-order valence-corrected chi connectivity index (χ1v) is 6.30. The first kappa shape index (κ1) is 14.9. The van der Waals surface area contributed by atoms with Gasteiger partial charge in [0.05, 0.1) is 5.52 Å². The summed E-state index contributed by atoms with van der Waals surface area (Å²) in [6.07, 6.45) is 8.36. The highest BCUT2D eigenvalue weighted by molar-refractivity contribution is 6.06. The largest absolute Gasteiger partial charge is 0.289 e.